The van der Waals surface area contributed by atoms with Crippen LogP contribution in [0.5, 0.6) is 0 Å². The Morgan fingerprint density at radius 3 is 2.38 bits per heavy atom. The topological polar surface area (TPSA) is 99.2 Å². The lowest BCUT2D eigenvalue weighted by atomic mass is 9.76. The number of carbonyl (C=O) groups excluding carboxylic acids is 4. The molecule has 0 radical (unpaired) electrons. The number of esters is 2. The highest BCUT2D eigenvalue weighted by molar-refractivity contribution is 6.38. The minimum atomic E-state index is -1.60. The molecule has 3 aliphatic heterocycles. The van der Waals surface area contributed by atoms with E-state index >= 15 is 0 Å². The highest BCUT2D eigenvalue weighted by Gasteiger charge is 2.72. The fraction of sp³-hybridized carbons (Fsp3) is 0.368. The predicted octanol–water partition coefficient (Wildman–Crippen LogP) is 2.26. The largest absolute Gasteiger partial charge is 0.422 e. The van der Waals surface area contributed by atoms with Crippen LogP contribution in [0, 0.1) is 11.8 Å². The maximum Gasteiger partial charge on any atom is 0.305 e. The summed E-state index contributed by atoms with van der Waals surface area (Å²) in [4.78, 5) is 50.6. The molecule has 2 amide bonds. The Bertz CT molecular complexity index is 961. The summed E-state index contributed by atoms with van der Waals surface area (Å²) >= 11 is 12.1. The quantitative estimate of drug-likeness (QED) is 0.307. The van der Waals surface area contributed by atoms with Gasteiger partial charge in [-0.25, -0.2) is 4.90 Å². The van der Waals surface area contributed by atoms with Gasteiger partial charge in [-0.2, -0.15) is 0 Å². The second-order valence-electron chi connectivity index (χ2n) is 6.96. The first-order chi connectivity index (χ1) is 13.7. The van der Waals surface area contributed by atoms with Gasteiger partial charge in [-0.15, -0.1) is 0 Å². The van der Waals surface area contributed by atoms with Gasteiger partial charge in [0.25, 0.3) is 6.29 Å². The van der Waals surface area contributed by atoms with Gasteiger partial charge in [-0.1, -0.05) is 29.3 Å². The Balaban J connectivity index is 1.76. The van der Waals surface area contributed by atoms with Crippen molar-refractivity contribution in [2.24, 2.45) is 11.8 Å². The fourth-order valence-corrected chi connectivity index (χ4v) is 4.61. The molecule has 8 nitrogen and oxygen atoms in total. The first kappa shape index (κ1) is 19.9. The SMILES string of the molecule is CC(=O)OC(OC(C)=O)[C@]12C=C[C@H](O1)[C@H]1C(=O)N(c3ccc(Cl)cc3Cl)C(=O)[C@@H]12. The molecule has 1 aromatic rings. The molecule has 0 saturated carbocycles. The van der Waals surface area contributed by atoms with Crippen molar-refractivity contribution in [1.82, 2.24) is 0 Å². The lowest BCUT2D eigenvalue weighted by Gasteiger charge is -2.34. The van der Waals surface area contributed by atoms with Crippen LogP contribution in [0.1, 0.15) is 13.8 Å². The van der Waals surface area contributed by atoms with E-state index in [1.165, 1.54) is 24.3 Å². The molecule has 0 aliphatic carbocycles. The van der Waals surface area contributed by atoms with Crippen molar-refractivity contribution >= 4 is 52.6 Å². The van der Waals surface area contributed by atoms with E-state index in [9.17, 15) is 19.2 Å². The summed E-state index contributed by atoms with van der Waals surface area (Å²) in [5.74, 6) is -4.49. The number of fused-ring (bicyclic) bond motifs is 5. The minimum Gasteiger partial charge on any atom is -0.422 e. The van der Waals surface area contributed by atoms with Gasteiger partial charge in [0.2, 0.25) is 11.8 Å². The molecule has 4 atom stereocenters. The van der Waals surface area contributed by atoms with Crippen LogP contribution in [-0.4, -0.2) is 41.7 Å². The summed E-state index contributed by atoms with van der Waals surface area (Å²) in [6.07, 6.45) is 0.847. The molecule has 3 aliphatic rings. The first-order valence-corrected chi connectivity index (χ1v) is 9.46. The molecule has 29 heavy (non-hydrogen) atoms. The number of anilines is 1. The molecule has 1 aromatic carbocycles. The standard InChI is InChI=1S/C19H15Cl2NO7/c1-8(23)27-18(28-9(2)24)19-6-5-13(29-19)14-15(19)17(26)22(16(14)25)12-4-3-10(20)7-11(12)21/h3-7,13-15,18H,1-2H3/t13-,14+,15+,19+/m0/s1. The van der Waals surface area contributed by atoms with E-state index in [-0.39, 0.29) is 10.7 Å². The van der Waals surface area contributed by atoms with Gasteiger partial charge in [0.1, 0.15) is 0 Å². The van der Waals surface area contributed by atoms with Crippen molar-refractivity contribution in [1.29, 1.82) is 0 Å². The van der Waals surface area contributed by atoms with Crippen LogP contribution >= 0.6 is 23.2 Å². The predicted molar refractivity (Wildman–Crippen MR) is 100.0 cm³/mol. The number of ether oxygens (including phenoxy) is 3. The van der Waals surface area contributed by atoms with Crippen LogP contribution in [0.15, 0.2) is 30.4 Å². The molecule has 2 bridgehead atoms. The van der Waals surface area contributed by atoms with Crippen LogP contribution in [0.25, 0.3) is 0 Å². The van der Waals surface area contributed by atoms with Gasteiger partial charge < -0.3 is 14.2 Å². The number of amides is 2. The highest BCUT2D eigenvalue weighted by Crippen LogP contribution is 2.55. The molecule has 2 saturated heterocycles. The van der Waals surface area contributed by atoms with Gasteiger partial charge in [0.05, 0.1) is 28.6 Å². The normalized spacial score (nSPS) is 29.6. The Kier molecular flexibility index (Phi) is 4.68. The molecular formula is C19H15Cl2NO7. The third-order valence-electron chi connectivity index (χ3n) is 5.14. The van der Waals surface area contributed by atoms with Crippen LogP contribution in [0.3, 0.4) is 0 Å². The molecule has 2 fully saturated rings. The Labute approximate surface area is 175 Å². The molecular weight excluding hydrogens is 425 g/mol. The van der Waals surface area contributed by atoms with E-state index < -0.39 is 53.6 Å². The van der Waals surface area contributed by atoms with Crippen LogP contribution in [0.2, 0.25) is 10.0 Å². The maximum absolute atomic E-state index is 13.3. The van der Waals surface area contributed by atoms with E-state index in [0.29, 0.717) is 5.02 Å². The van der Waals surface area contributed by atoms with Gasteiger partial charge in [-0.3, -0.25) is 19.2 Å². The summed E-state index contributed by atoms with van der Waals surface area (Å²) in [6.45, 7) is 2.27. The number of benzene rings is 1. The van der Waals surface area contributed by atoms with Crippen molar-refractivity contribution in [3.05, 3.63) is 40.4 Å². The van der Waals surface area contributed by atoms with Crippen molar-refractivity contribution in [3.63, 3.8) is 0 Å². The molecule has 4 rings (SSSR count). The van der Waals surface area contributed by atoms with Gasteiger partial charge >= 0.3 is 11.9 Å². The molecule has 152 valence electrons. The minimum absolute atomic E-state index is 0.131. The highest BCUT2D eigenvalue weighted by atomic mass is 35.5. The molecule has 0 spiro atoms. The summed E-state index contributed by atoms with van der Waals surface area (Å²) in [7, 11) is 0. The number of hydrogen-bond donors (Lipinski definition) is 0. The van der Waals surface area contributed by atoms with Crippen molar-refractivity contribution in [3.8, 4) is 0 Å². The van der Waals surface area contributed by atoms with E-state index in [1.54, 1.807) is 6.08 Å². The van der Waals surface area contributed by atoms with Gasteiger partial charge in [0, 0.05) is 18.9 Å². The summed E-state index contributed by atoms with van der Waals surface area (Å²) in [5, 5.41) is 0.482. The molecule has 3 heterocycles. The molecule has 10 heteroatoms. The Morgan fingerprint density at radius 1 is 1.14 bits per heavy atom. The third kappa shape index (κ3) is 2.94. The van der Waals surface area contributed by atoms with E-state index in [1.807, 2.05) is 0 Å². The zero-order valence-corrected chi connectivity index (χ0v) is 16.8. The maximum atomic E-state index is 13.3. The van der Waals surface area contributed by atoms with Crippen LogP contribution in [0.4, 0.5) is 5.69 Å². The van der Waals surface area contributed by atoms with E-state index in [2.05, 4.69) is 0 Å². The third-order valence-corrected chi connectivity index (χ3v) is 5.68. The summed E-state index contributed by atoms with van der Waals surface area (Å²) in [6, 6.07) is 4.41. The number of imide groups is 1. The second-order valence-corrected chi connectivity index (χ2v) is 7.80. The van der Waals surface area contributed by atoms with Crippen molar-refractivity contribution < 1.29 is 33.4 Å². The van der Waals surface area contributed by atoms with E-state index in [0.717, 1.165) is 18.7 Å². The van der Waals surface area contributed by atoms with Gasteiger partial charge in [0.15, 0.2) is 5.60 Å². The zero-order chi connectivity index (χ0) is 21.1. The van der Waals surface area contributed by atoms with Crippen molar-refractivity contribution in [2.45, 2.75) is 31.8 Å². The number of rotatable bonds is 4. The number of nitrogens with zero attached hydrogens (tertiary/aromatic N) is 1. The van der Waals surface area contributed by atoms with Crippen LogP contribution < -0.4 is 4.90 Å². The monoisotopic (exact) mass is 439 g/mol. The average molecular weight is 440 g/mol. The number of carbonyl (C=O) groups is 4. The second kappa shape index (κ2) is 6.83. The number of halogens is 2. The Morgan fingerprint density at radius 2 is 1.79 bits per heavy atom. The van der Waals surface area contributed by atoms with Crippen molar-refractivity contribution in [2.75, 3.05) is 4.90 Å². The lowest BCUT2D eigenvalue weighted by molar-refractivity contribution is -0.226. The zero-order valence-electron chi connectivity index (χ0n) is 15.3. The van der Waals surface area contributed by atoms with Gasteiger partial charge in [-0.05, 0) is 24.3 Å². The summed E-state index contributed by atoms with van der Waals surface area (Å²) < 4.78 is 16.2. The molecule has 0 aromatic heterocycles. The Hall–Kier alpha value is -2.42. The van der Waals surface area contributed by atoms with Crippen LogP contribution in [-0.2, 0) is 33.4 Å². The molecule has 0 N–H and O–H groups in total. The fourth-order valence-electron chi connectivity index (χ4n) is 4.12. The number of hydrogen-bond acceptors (Lipinski definition) is 7. The smallest absolute Gasteiger partial charge is 0.305 e. The first-order valence-electron chi connectivity index (χ1n) is 8.70. The molecule has 0 unspecified atom stereocenters. The van der Waals surface area contributed by atoms with E-state index in [4.69, 9.17) is 37.4 Å². The lowest BCUT2D eigenvalue weighted by Crippen LogP contribution is -2.52. The average Bonchev–Trinajstić information content (AvgIpc) is 3.26. The summed E-state index contributed by atoms with van der Waals surface area (Å²) in [5.41, 5.74) is -1.42.